The van der Waals surface area contributed by atoms with E-state index in [-0.39, 0.29) is 0 Å². The Morgan fingerprint density at radius 1 is 1.53 bits per heavy atom. The predicted octanol–water partition coefficient (Wildman–Crippen LogP) is 2.45. The fourth-order valence-electron chi connectivity index (χ4n) is 1.99. The van der Waals surface area contributed by atoms with Gasteiger partial charge in [-0.25, -0.2) is 4.98 Å². The Kier molecular flexibility index (Phi) is 3.97. The third-order valence-corrected chi connectivity index (χ3v) is 2.93. The molecule has 1 unspecified atom stereocenters. The van der Waals surface area contributed by atoms with Crippen LogP contribution in [-0.4, -0.2) is 28.3 Å². The van der Waals surface area contributed by atoms with E-state index in [9.17, 15) is 0 Å². The van der Waals surface area contributed by atoms with Crippen molar-refractivity contribution in [3.8, 4) is 0 Å². The van der Waals surface area contributed by atoms with Gasteiger partial charge < -0.3 is 9.30 Å². The summed E-state index contributed by atoms with van der Waals surface area (Å²) in [4.78, 5) is 8.55. The smallest absolute Gasteiger partial charge is 0.124 e. The van der Waals surface area contributed by atoms with Crippen LogP contribution in [0.5, 0.6) is 0 Å². The highest BCUT2D eigenvalue weighted by atomic mass is 35.5. The highest BCUT2D eigenvalue weighted by molar-refractivity contribution is 6.16. The summed E-state index contributed by atoms with van der Waals surface area (Å²) in [7, 11) is 1.72. The van der Waals surface area contributed by atoms with Crippen LogP contribution in [0.4, 0.5) is 0 Å². The number of pyridine rings is 1. The van der Waals surface area contributed by atoms with Gasteiger partial charge in [0.05, 0.1) is 24.2 Å². The molecule has 0 aliphatic heterocycles. The number of ether oxygens (including phenoxy) is 1. The molecule has 4 nitrogen and oxygen atoms in total. The first kappa shape index (κ1) is 12.3. The third-order valence-electron chi connectivity index (χ3n) is 2.69. The van der Waals surface area contributed by atoms with Gasteiger partial charge in [0.15, 0.2) is 0 Å². The Morgan fingerprint density at radius 3 is 3.06 bits per heavy atom. The zero-order valence-electron chi connectivity index (χ0n) is 10.1. The van der Waals surface area contributed by atoms with Crippen LogP contribution >= 0.6 is 11.6 Å². The number of imidazole rings is 1. The molecule has 0 aliphatic carbocycles. The number of fused-ring (bicyclic) bond motifs is 1. The van der Waals surface area contributed by atoms with Crippen molar-refractivity contribution < 1.29 is 4.74 Å². The Labute approximate surface area is 106 Å². The van der Waals surface area contributed by atoms with Crippen LogP contribution in [-0.2, 0) is 17.2 Å². The summed E-state index contributed by atoms with van der Waals surface area (Å²) in [5, 5.41) is 0. The lowest BCUT2D eigenvalue weighted by atomic mass is 10.2. The van der Waals surface area contributed by atoms with Gasteiger partial charge in [-0.2, -0.15) is 0 Å². The van der Waals surface area contributed by atoms with Crippen molar-refractivity contribution in [3.05, 3.63) is 24.3 Å². The lowest BCUT2D eigenvalue weighted by molar-refractivity contribution is 0.151. The lowest BCUT2D eigenvalue weighted by Gasteiger charge is -2.13. The van der Waals surface area contributed by atoms with Gasteiger partial charge >= 0.3 is 0 Å². The first-order valence-corrected chi connectivity index (χ1v) is 6.13. The van der Waals surface area contributed by atoms with Crippen molar-refractivity contribution in [1.29, 1.82) is 0 Å². The molecule has 0 spiro atoms. The fraction of sp³-hybridized carbons (Fsp3) is 0.500. The number of halogens is 1. The minimum Gasteiger partial charge on any atom is -0.384 e. The minimum atomic E-state index is 0.411. The summed E-state index contributed by atoms with van der Waals surface area (Å²) in [6.07, 6.45) is 3.54. The highest BCUT2D eigenvalue weighted by Gasteiger charge is 2.12. The van der Waals surface area contributed by atoms with E-state index in [1.54, 1.807) is 19.5 Å². The molecule has 0 aromatic carbocycles. The van der Waals surface area contributed by atoms with E-state index in [0.717, 1.165) is 30.0 Å². The maximum atomic E-state index is 5.93. The van der Waals surface area contributed by atoms with Gasteiger partial charge in [-0.05, 0) is 12.0 Å². The highest BCUT2D eigenvalue weighted by Crippen LogP contribution is 2.18. The molecule has 0 amide bonds. The summed E-state index contributed by atoms with van der Waals surface area (Å²) in [6.45, 7) is 3.73. The van der Waals surface area contributed by atoms with Gasteiger partial charge in [0.25, 0.3) is 0 Å². The zero-order chi connectivity index (χ0) is 12.3. The zero-order valence-corrected chi connectivity index (χ0v) is 10.8. The summed E-state index contributed by atoms with van der Waals surface area (Å²) in [5.74, 6) is 1.72. The number of rotatable bonds is 5. The Bertz CT molecular complexity index is 497. The molecule has 0 radical (unpaired) electrons. The van der Waals surface area contributed by atoms with Crippen molar-refractivity contribution in [2.75, 3.05) is 13.7 Å². The molecule has 0 bridgehead atoms. The van der Waals surface area contributed by atoms with Gasteiger partial charge in [-0.15, -0.1) is 11.6 Å². The number of alkyl halides is 1. The summed E-state index contributed by atoms with van der Waals surface area (Å²) in [5.41, 5.74) is 1.98. The van der Waals surface area contributed by atoms with Crippen LogP contribution in [0.1, 0.15) is 12.7 Å². The van der Waals surface area contributed by atoms with Crippen LogP contribution in [0.2, 0.25) is 0 Å². The summed E-state index contributed by atoms with van der Waals surface area (Å²) < 4.78 is 7.31. The van der Waals surface area contributed by atoms with Crippen LogP contribution in [0.15, 0.2) is 18.5 Å². The van der Waals surface area contributed by atoms with E-state index in [2.05, 4.69) is 21.5 Å². The van der Waals surface area contributed by atoms with E-state index >= 15 is 0 Å². The molecular weight excluding hydrogens is 238 g/mol. The second-order valence-electron chi connectivity index (χ2n) is 4.20. The lowest BCUT2D eigenvalue weighted by Crippen LogP contribution is -2.14. The van der Waals surface area contributed by atoms with Crippen molar-refractivity contribution in [1.82, 2.24) is 14.5 Å². The van der Waals surface area contributed by atoms with E-state index in [0.29, 0.717) is 11.8 Å². The minimum absolute atomic E-state index is 0.411. The van der Waals surface area contributed by atoms with Crippen LogP contribution < -0.4 is 0 Å². The van der Waals surface area contributed by atoms with E-state index in [1.807, 2.05) is 6.07 Å². The number of methoxy groups -OCH3 is 1. The molecule has 92 valence electrons. The largest absolute Gasteiger partial charge is 0.384 e. The maximum absolute atomic E-state index is 5.93. The molecule has 0 fully saturated rings. The van der Waals surface area contributed by atoms with E-state index < -0.39 is 0 Å². The molecule has 5 heteroatoms. The second-order valence-corrected chi connectivity index (χ2v) is 4.46. The maximum Gasteiger partial charge on any atom is 0.124 e. The topological polar surface area (TPSA) is 39.9 Å². The Balaban J connectivity index is 2.36. The van der Waals surface area contributed by atoms with Crippen LogP contribution in [0.3, 0.4) is 0 Å². The monoisotopic (exact) mass is 253 g/mol. The fourth-order valence-corrected chi connectivity index (χ4v) is 2.19. The van der Waals surface area contributed by atoms with E-state index in [1.165, 1.54) is 0 Å². The number of hydrogen-bond donors (Lipinski definition) is 0. The van der Waals surface area contributed by atoms with Gasteiger partial charge in [0, 0.05) is 19.9 Å². The molecular formula is C12H16ClN3O. The predicted molar refractivity (Wildman–Crippen MR) is 68.1 cm³/mol. The van der Waals surface area contributed by atoms with E-state index in [4.69, 9.17) is 16.3 Å². The Morgan fingerprint density at radius 2 is 2.35 bits per heavy atom. The van der Waals surface area contributed by atoms with Crippen molar-refractivity contribution in [3.63, 3.8) is 0 Å². The molecule has 17 heavy (non-hydrogen) atoms. The van der Waals surface area contributed by atoms with Crippen molar-refractivity contribution in [2.45, 2.75) is 19.3 Å². The van der Waals surface area contributed by atoms with Crippen molar-refractivity contribution >= 4 is 22.6 Å². The summed E-state index contributed by atoms with van der Waals surface area (Å²) >= 11 is 5.93. The van der Waals surface area contributed by atoms with Crippen molar-refractivity contribution in [2.24, 2.45) is 5.92 Å². The molecule has 0 N–H and O–H groups in total. The molecule has 0 saturated heterocycles. The molecule has 0 aliphatic rings. The standard InChI is InChI=1S/C12H16ClN3O/c1-9(8-17-2)7-16-11-3-4-14-6-10(11)15-12(16)5-13/h3-4,6,9H,5,7-8H2,1-2H3. The SMILES string of the molecule is COCC(C)Cn1c(CCl)nc2cnccc21. The van der Waals surface area contributed by atoms with Gasteiger partial charge in [-0.1, -0.05) is 6.92 Å². The normalized spacial score (nSPS) is 13.1. The summed E-state index contributed by atoms with van der Waals surface area (Å²) in [6, 6.07) is 1.97. The van der Waals surface area contributed by atoms with Gasteiger partial charge in [0.2, 0.25) is 0 Å². The average Bonchev–Trinajstić information content (AvgIpc) is 2.68. The molecule has 0 saturated carbocycles. The molecule has 2 heterocycles. The van der Waals surface area contributed by atoms with Crippen LogP contribution in [0, 0.1) is 5.92 Å². The van der Waals surface area contributed by atoms with Crippen LogP contribution in [0.25, 0.3) is 11.0 Å². The third kappa shape index (κ3) is 2.58. The second kappa shape index (κ2) is 5.47. The molecule has 2 aromatic rings. The Hall–Kier alpha value is -1.13. The average molecular weight is 254 g/mol. The van der Waals surface area contributed by atoms with Gasteiger partial charge in [-0.3, -0.25) is 4.98 Å². The first-order chi connectivity index (χ1) is 8.26. The number of aromatic nitrogens is 3. The van der Waals surface area contributed by atoms with Gasteiger partial charge in [0.1, 0.15) is 11.3 Å². The quantitative estimate of drug-likeness (QED) is 0.769. The molecule has 2 rings (SSSR count). The number of nitrogens with zero attached hydrogens (tertiary/aromatic N) is 3. The molecule has 2 aromatic heterocycles. The first-order valence-electron chi connectivity index (χ1n) is 5.60. The number of hydrogen-bond acceptors (Lipinski definition) is 3. The molecule has 1 atom stereocenters.